The molecule has 3 aromatic rings. The second-order valence-electron chi connectivity index (χ2n) is 7.54. The molecule has 1 fully saturated rings. The summed E-state index contributed by atoms with van der Waals surface area (Å²) < 4.78 is 37.0. The Balaban J connectivity index is 0.000000235. The number of hydrogen-bond donors (Lipinski definition) is 0. The summed E-state index contributed by atoms with van der Waals surface area (Å²) in [6.45, 7) is 5.55. The Kier molecular flexibility index (Phi) is 8.17. The fraction of sp³-hybridized carbons (Fsp3) is 0.304. The summed E-state index contributed by atoms with van der Waals surface area (Å²) in [5.74, 6) is 1.06. The van der Waals surface area contributed by atoms with Gasteiger partial charge in [0.1, 0.15) is 26.4 Å². The van der Waals surface area contributed by atoms with Crippen LogP contribution < -0.4 is 19.3 Å². The first-order valence-electron chi connectivity index (χ1n) is 10.4. The molecule has 1 saturated heterocycles. The number of benzene rings is 1. The van der Waals surface area contributed by atoms with Crippen LogP contribution in [0.15, 0.2) is 58.4 Å². The molecule has 0 amide bonds. The predicted molar refractivity (Wildman–Crippen MR) is 132 cm³/mol. The molecule has 176 valence electrons. The van der Waals surface area contributed by atoms with Crippen molar-refractivity contribution in [3.05, 3.63) is 79.5 Å². The van der Waals surface area contributed by atoms with Crippen molar-refractivity contribution >= 4 is 44.3 Å². The van der Waals surface area contributed by atoms with Gasteiger partial charge in [-0.05, 0) is 32.0 Å². The van der Waals surface area contributed by atoms with Crippen molar-refractivity contribution in [3.8, 4) is 0 Å². The van der Waals surface area contributed by atoms with Crippen LogP contribution in [0, 0.1) is 6.92 Å². The monoisotopic (exact) mass is 505 g/mol. The standard InChI is InChI=1S/C16H20N3OS2.C7H8O3S/c1-4-19-13(11-12-7-5-6-8-17(12)2)22-14(15(19)20)16-18(3)9-10-21-16;1-6-2-4-7(5-3-6)11(8,9)10/h5-8,11H,4,9-10H2,1-3H3;2-5H,1H3,(H,8,9,10)/q+1;/p-1/b16-14+;. The fourth-order valence-electron chi connectivity index (χ4n) is 3.22. The quantitative estimate of drug-likeness (QED) is 0.393. The minimum Gasteiger partial charge on any atom is -0.744 e. The lowest BCUT2D eigenvalue weighted by Gasteiger charge is -2.08. The van der Waals surface area contributed by atoms with Gasteiger partial charge in [-0.2, -0.15) is 0 Å². The van der Waals surface area contributed by atoms with Crippen molar-refractivity contribution in [1.29, 1.82) is 0 Å². The molecule has 33 heavy (non-hydrogen) atoms. The van der Waals surface area contributed by atoms with Gasteiger partial charge < -0.3 is 9.45 Å². The third kappa shape index (κ3) is 6.14. The fourth-order valence-corrected chi connectivity index (χ4v) is 6.23. The summed E-state index contributed by atoms with van der Waals surface area (Å²) in [6.07, 6.45) is 4.11. The van der Waals surface area contributed by atoms with E-state index in [0.717, 1.165) is 37.8 Å². The van der Waals surface area contributed by atoms with Crippen LogP contribution in [0.3, 0.4) is 0 Å². The zero-order valence-corrected chi connectivity index (χ0v) is 21.5. The zero-order valence-electron chi connectivity index (χ0n) is 19.0. The van der Waals surface area contributed by atoms with Gasteiger partial charge in [0.2, 0.25) is 5.69 Å². The first-order valence-corrected chi connectivity index (χ1v) is 13.6. The van der Waals surface area contributed by atoms with E-state index in [-0.39, 0.29) is 10.5 Å². The molecule has 1 aliphatic rings. The number of hydrogen-bond acceptors (Lipinski definition) is 7. The average molecular weight is 506 g/mol. The lowest BCUT2D eigenvalue weighted by molar-refractivity contribution is -0.673. The Hall–Kier alpha value is -2.40. The molecule has 4 rings (SSSR count). The molecule has 0 radical (unpaired) electrons. The van der Waals surface area contributed by atoms with E-state index >= 15 is 0 Å². The average Bonchev–Trinajstić information content (AvgIpc) is 3.32. The molecule has 0 bridgehead atoms. The summed E-state index contributed by atoms with van der Waals surface area (Å²) >= 11 is 3.38. The van der Waals surface area contributed by atoms with Crippen LogP contribution in [0.4, 0.5) is 0 Å². The Morgan fingerprint density at radius 1 is 1.18 bits per heavy atom. The Morgan fingerprint density at radius 3 is 2.42 bits per heavy atom. The molecule has 0 spiro atoms. The number of thiazole rings is 1. The molecule has 0 aliphatic carbocycles. The largest absolute Gasteiger partial charge is 0.744 e. The smallest absolute Gasteiger partial charge is 0.271 e. The Morgan fingerprint density at radius 2 is 1.88 bits per heavy atom. The summed E-state index contributed by atoms with van der Waals surface area (Å²) in [5, 5.41) is 1.12. The summed E-state index contributed by atoms with van der Waals surface area (Å²) in [5.41, 5.74) is 2.15. The summed E-state index contributed by atoms with van der Waals surface area (Å²) in [6, 6.07) is 11.9. The van der Waals surface area contributed by atoms with E-state index in [2.05, 4.69) is 28.7 Å². The lowest BCUT2D eigenvalue weighted by atomic mass is 10.2. The molecule has 1 aliphatic heterocycles. The third-order valence-corrected chi connectivity index (χ3v) is 8.38. The highest BCUT2D eigenvalue weighted by Gasteiger charge is 2.18. The number of rotatable bonds is 3. The number of thioether (sulfide) groups is 1. The van der Waals surface area contributed by atoms with Gasteiger partial charge in [0.05, 0.1) is 9.92 Å². The highest BCUT2D eigenvalue weighted by atomic mass is 32.2. The maximum atomic E-state index is 12.7. The highest BCUT2D eigenvalue weighted by Crippen LogP contribution is 2.25. The maximum absolute atomic E-state index is 12.7. The lowest BCUT2D eigenvalue weighted by Crippen LogP contribution is -2.34. The second-order valence-corrected chi connectivity index (χ2v) is 11.0. The number of aromatic nitrogens is 2. The molecular formula is C23H27N3O4S3. The van der Waals surface area contributed by atoms with E-state index in [1.54, 1.807) is 35.2 Å². The molecule has 7 nitrogen and oxygen atoms in total. The SMILES string of the molecule is CCn1c(=O)/c(=C2\SCCN2C)s/c1=C\c1cccc[n+]1C.Cc1ccc(S(=O)(=O)[O-])cc1. The number of nitrogens with zero attached hydrogens (tertiary/aromatic N) is 3. The van der Waals surface area contributed by atoms with Crippen LogP contribution >= 0.6 is 23.1 Å². The molecule has 0 unspecified atom stereocenters. The van der Waals surface area contributed by atoms with Gasteiger partial charge in [-0.3, -0.25) is 9.36 Å². The van der Waals surface area contributed by atoms with E-state index in [1.165, 1.54) is 12.1 Å². The van der Waals surface area contributed by atoms with Gasteiger partial charge in [0.25, 0.3) is 5.56 Å². The molecule has 2 aromatic heterocycles. The van der Waals surface area contributed by atoms with Gasteiger partial charge in [0.15, 0.2) is 6.20 Å². The molecule has 1 aromatic carbocycles. The van der Waals surface area contributed by atoms with E-state index < -0.39 is 10.1 Å². The highest BCUT2D eigenvalue weighted by molar-refractivity contribution is 8.08. The third-order valence-electron chi connectivity index (χ3n) is 5.11. The second kappa shape index (κ2) is 10.7. The van der Waals surface area contributed by atoms with Gasteiger partial charge in [0, 0.05) is 44.1 Å². The first-order chi connectivity index (χ1) is 15.6. The van der Waals surface area contributed by atoms with Crippen LogP contribution in [-0.2, 0) is 23.7 Å². The number of pyridine rings is 1. The van der Waals surface area contributed by atoms with Crippen LogP contribution in [0.2, 0.25) is 0 Å². The van der Waals surface area contributed by atoms with Crippen LogP contribution in [0.25, 0.3) is 11.1 Å². The molecule has 3 heterocycles. The number of aryl methyl sites for hydroxylation is 2. The Bertz CT molecular complexity index is 1410. The van der Waals surface area contributed by atoms with Crippen molar-refractivity contribution in [3.63, 3.8) is 0 Å². The van der Waals surface area contributed by atoms with Crippen LogP contribution in [-0.4, -0.2) is 41.8 Å². The molecule has 0 atom stereocenters. The van der Waals surface area contributed by atoms with Gasteiger partial charge in [-0.1, -0.05) is 17.7 Å². The maximum Gasteiger partial charge on any atom is 0.271 e. The van der Waals surface area contributed by atoms with Crippen molar-refractivity contribution < 1.29 is 17.5 Å². The van der Waals surface area contributed by atoms with E-state index in [1.807, 2.05) is 43.8 Å². The predicted octanol–water partition coefficient (Wildman–Crippen LogP) is 1.23. The molecule has 0 N–H and O–H groups in total. The summed E-state index contributed by atoms with van der Waals surface area (Å²) in [4.78, 5) is 14.7. The Labute approximate surface area is 202 Å². The van der Waals surface area contributed by atoms with Crippen molar-refractivity contribution in [2.75, 3.05) is 19.3 Å². The molecular weight excluding hydrogens is 478 g/mol. The molecule has 0 saturated carbocycles. The minimum atomic E-state index is -4.27. The van der Waals surface area contributed by atoms with Gasteiger partial charge >= 0.3 is 0 Å². The van der Waals surface area contributed by atoms with Crippen molar-refractivity contribution in [2.24, 2.45) is 7.05 Å². The van der Waals surface area contributed by atoms with Gasteiger partial charge in [-0.15, -0.1) is 23.1 Å². The van der Waals surface area contributed by atoms with Crippen LogP contribution in [0.5, 0.6) is 0 Å². The topological polar surface area (TPSA) is 86.3 Å². The van der Waals surface area contributed by atoms with Gasteiger partial charge in [-0.25, -0.2) is 13.0 Å². The minimum absolute atomic E-state index is 0.133. The summed E-state index contributed by atoms with van der Waals surface area (Å²) in [7, 11) is -0.191. The first kappa shape index (κ1) is 25.2. The van der Waals surface area contributed by atoms with E-state index in [9.17, 15) is 17.8 Å². The van der Waals surface area contributed by atoms with Crippen LogP contribution in [0.1, 0.15) is 18.2 Å². The zero-order chi connectivity index (χ0) is 24.2. The van der Waals surface area contributed by atoms with E-state index in [4.69, 9.17) is 0 Å². The molecule has 10 heteroatoms. The normalized spacial score (nSPS) is 16.0. The van der Waals surface area contributed by atoms with Crippen molar-refractivity contribution in [2.45, 2.75) is 25.3 Å². The van der Waals surface area contributed by atoms with E-state index in [0.29, 0.717) is 6.54 Å². The van der Waals surface area contributed by atoms with Crippen molar-refractivity contribution in [1.82, 2.24) is 9.47 Å².